The summed E-state index contributed by atoms with van der Waals surface area (Å²) < 4.78 is 11.0. The number of halogens is 1. The number of carbonyl (C=O) groups excluding carboxylic acids is 1. The van der Waals surface area contributed by atoms with Crippen molar-refractivity contribution in [2.24, 2.45) is 5.92 Å². The molecule has 1 aromatic heterocycles. The lowest BCUT2D eigenvalue weighted by Gasteiger charge is -2.19. The summed E-state index contributed by atoms with van der Waals surface area (Å²) in [5, 5.41) is 8.56. The van der Waals surface area contributed by atoms with Crippen molar-refractivity contribution >= 4 is 17.6 Å². The molecule has 0 aliphatic heterocycles. The van der Waals surface area contributed by atoms with Gasteiger partial charge in [0.25, 0.3) is 5.89 Å². The minimum absolute atomic E-state index is 0.0600. The number of nitrogens with zero attached hydrogens (tertiary/aromatic N) is 2. The minimum Gasteiger partial charge on any atom is -0.455 e. The highest BCUT2D eigenvalue weighted by Gasteiger charge is 2.26. The second-order valence-electron chi connectivity index (χ2n) is 6.25. The first kappa shape index (κ1) is 18.1. The Labute approximate surface area is 157 Å². The average molecular weight is 371 g/mol. The Hall–Kier alpha value is -2.66. The highest BCUT2D eigenvalue weighted by molar-refractivity contribution is 6.30. The van der Waals surface area contributed by atoms with E-state index in [9.17, 15) is 4.79 Å². The van der Waals surface area contributed by atoms with Crippen LogP contribution in [-0.2, 0) is 16.1 Å². The zero-order valence-corrected chi connectivity index (χ0v) is 15.3. The lowest BCUT2D eigenvalue weighted by atomic mass is 9.88. The van der Waals surface area contributed by atoms with Gasteiger partial charge in [0.15, 0.2) is 6.61 Å². The predicted molar refractivity (Wildman–Crippen MR) is 98.6 cm³/mol. The summed E-state index contributed by atoms with van der Waals surface area (Å²) in [7, 11) is 0. The van der Waals surface area contributed by atoms with Crippen molar-refractivity contribution in [2.45, 2.75) is 26.4 Å². The van der Waals surface area contributed by atoms with Crippen molar-refractivity contribution in [1.29, 1.82) is 0 Å². The van der Waals surface area contributed by atoms with Gasteiger partial charge in [0.2, 0.25) is 5.89 Å². The molecule has 0 bridgehead atoms. The lowest BCUT2D eigenvalue weighted by molar-refractivity contribution is -0.148. The van der Waals surface area contributed by atoms with Gasteiger partial charge in [0.05, 0.1) is 5.92 Å². The molecule has 0 fully saturated rings. The predicted octanol–water partition coefficient (Wildman–Crippen LogP) is 4.87. The molecule has 26 heavy (non-hydrogen) atoms. The fourth-order valence-electron chi connectivity index (χ4n) is 2.70. The van der Waals surface area contributed by atoms with Crippen LogP contribution >= 0.6 is 11.6 Å². The Morgan fingerprint density at radius 2 is 1.77 bits per heavy atom. The summed E-state index contributed by atoms with van der Waals surface area (Å²) in [5.74, 6) is 0.0161. The van der Waals surface area contributed by atoms with Crippen LogP contribution in [0.25, 0.3) is 11.5 Å². The molecule has 0 saturated heterocycles. The van der Waals surface area contributed by atoms with E-state index in [2.05, 4.69) is 10.2 Å². The average Bonchev–Trinajstić information content (AvgIpc) is 3.11. The van der Waals surface area contributed by atoms with Gasteiger partial charge in [-0.1, -0.05) is 55.8 Å². The summed E-state index contributed by atoms with van der Waals surface area (Å²) in [6.07, 6.45) is 0. The molecule has 0 N–H and O–H groups in total. The van der Waals surface area contributed by atoms with Gasteiger partial charge in [-0.2, -0.15) is 0 Å². The number of ether oxygens (including phenoxy) is 1. The number of carbonyl (C=O) groups is 1. The largest absolute Gasteiger partial charge is 0.455 e. The van der Waals surface area contributed by atoms with Gasteiger partial charge < -0.3 is 9.15 Å². The van der Waals surface area contributed by atoms with Crippen LogP contribution in [0.5, 0.6) is 0 Å². The molecular formula is C20H19ClN2O3. The van der Waals surface area contributed by atoms with Crippen LogP contribution in [0, 0.1) is 5.92 Å². The molecular weight excluding hydrogens is 352 g/mol. The molecule has 1 unspecified atom stereocenters. The number of esters is 1. The lowest BCUT2D eigenvalue weighted by Crippen LogP contribution is -2.20. The molecule has 6 heteroatoms. The molecule has 1 heterocycles. The molecule has 1 atom stereocenters. The van der Waals surface area contributed by atoms with Crippen LogP contribution in [0.15, 0.2) is 59.0 Å². The Balaban J connectivity index is 1.67. The van der Waals surface area contributed by atoms with E-state index < -0.39 is 0 Å². The van der Waals surface area contributed by atoms with Crippen LogP contribution in [0.1, 0.15) is 31.2 Å². The maximum atomic E-state index is 12.6. The zero-order chi connectivity index (χ0) is 18.5. The topological polar surface area (TPSA) is 65.2 Å². The summed E-state index contributed by atoms with van der Waals surface area (Å²) in [6, 6.07) is 16.6. The maximum absolute atomic E-state index is 12.6. The first-order valence-corrected chi connectivity index (χ1v) is 8.72. The van der Waals surface area contributed by atoms with Crippen LogP contribution in [0.3, 0.4) is 0 Å². The van der Waals surface area contributed by atoms with E-state index in [1.165, 1.54) is 0 Å². The zero-order valence-electron chi connectivity index (χ0n) is 14.6. The van der Waals surface area contributed by atoms with Crippen molar-refractivity contribution in [3.05, 3.63) is 71.1 Å². The summed E-state index contributed by atoms with van der Waals surface area (Å²) >= 11 is 5.93. The molecule has 3 aromatic rings. The Morgan fingerprint density at radius 1 is 1.08 bits per heavy atom. The molecule has 0 spiro atoms. The van der Waals surface area contributed by atoms with Crippen molar-refractivity contribution in [3.8, 4) is 11.5 Å². The van der Waals surface area contributed by atoms with Crippen molar-refractivity contribution in [1.82, 2.24) is 10.2 Å². The number of hydrogen-bond acceptors (Lipinski definition) is 5. The molecule has 0 amide bonds. The summed E-state index contributed by atoms with van der Waals surface area (Å²) in [5.41, 5.74) is 1.68. The van der Waals surface area contributed by atoms with Gasteiger partial charge in [-0.25, -0.2) is 0 Å². The maximum Gasteiger partial charge on any atom is 0.314 e. The second kappa shape index (κ2) is 8.15. The molecule has 5 nitrogen and oxygen atoms in total. The number of hydrogen-bond donors (Lipinski definition) is 0. The molecule has 2 aromatic carbocycles. The van der Waals surface area contributed by atoms with Crippen LogP contribution < -0.4 is 0 Å². The number of rotatable bonds is 6. The van der Waals surface area contributed by atoms with Crippen molar-refractivity contribution in [3.63, 3.8) is 0 Å². The number of benzene rings is 2. The minimum atomic E-state index is -0.385. The molecule has 0 aliphatic carbocycles. The highest BCUT2D eigenvalue weighted by Crippen LogP contribution is 2.27. The summed E-state index contributed by atoms with van der Waals surface area (Å²) in [4.78, 5) is 12.6. The normalized spacial score (nSPS) is 12.2. The van der Waals surface area contributed by atoms with Gasteiger partial charge in [0.1, 0.15) is 0 Å². The third-order valence-corrected chi connectivity index (χ3v) is 4.23. The van der Waals surface area contributed by atoms with Gasteiger partial charge in [-0.3, -0.25) is 4.79 Å². The van der Waals surface area contributed by atoms with Gasteiger partial charge in [-0.15, -0.1) is 10.2 Å². The highest BCUT2D eigenvalue weighted by atomic mass is 35.5. The standard InChI is InChI=1S/C20H19ClN2O3/c1-13(2)18(14-8-10-16(21)11-9-14)20(24)25-12-17-22-23-19(26-17)15-6-4-3-5-7-15/h3-11,13,18H,12H2,1-2H3. The fraction of sp³-hybridized carbons (Fsp3) is 0.250. The fourth-order valence-corrected chi connectivity index (χ4v) is 2.82. The third-order valence-electron chi connectivity index (χ3n) is 3.98. The van der Waals surface area contributed by atoms with E-state index in [0.717, 1.165) is 11.1 Å². The van der Waals surface area contributed by atoms with Gasteiger partial charge in [0, 0.05) is 10.6 Å². The Kier molecular flexibility index (Phi) is 5.68. The third kappa shape index (κ3) is 4.29. The van der Waals surface area contributed by atoms with E-state index >= 15 is 0 Å². The molecule has 3 rings (SSSR count). The van der Waals surface area contributed by atoms with Crippen LogP contribution in [0.2, 0.25) is 5.02 Å². The Bertz CT molecular complexity index is 860. The second-order valence-corrected chi connectivity index (χ2v) is 6.68. The Morgan fingerprint density at radius 3 is 2.42 bits per heavy atom. The monoisotopic (exact) mass is 370 g/mol. The molecule has 0 aliphatic rings. The van der Waals surface area contributed by atoms with Gasteiger partial charge in [-0.05, 0) is 35.7 Å². The van der Waals surface area contributed by atoms with E-state index in [4.69, 9.17) is 20.8 Å². The van der Waals surface area contributed by atoms with E-state index in [0.29, 0.717) is 10.9 Å². The van der Waals surface area contributed by atoms with Crippen molar-refractivity contribution < 1.29 is 13.9 Å². The van der Waals surface area contributed by atoms with Crippen molar-refractivity contribution in [2.75, 3.05) is 0 Å². The van der Waals surface area contributed by atoms with E-state index in [1.807, 2.05) is 56.3 Å². The van der Waals surface area contributed by atoms with Gasteiger partial charge >= 0.3 is 5.97 Å². The molecule has 0 radical (unpaired) electrons. The first-order chi connectivity index (χ1) is 12.5. The quantitative estimate of drug-likeness (QED) is 0.579. The summed E-state index contributed by atoms with van der Waals surface area (Å²) in [6.45, 7) is 3.89. The SMILES string of the molecule is CC(C)C(C(=O)OCc1nnc(-c2ccccc2)o1)c1ccc(Cl)cc1. The smallest absolute Gasteiger partial charge is 0.314 e. The van der Waals surface area contributed by atoms with Crippen LogP contribution in [0.4, 0.5) is 0 Å². The first-order valence-electron chi connectivity index (χ1n) is 8.34. The van der Waals surface area contributed by atoms with E-state index in [1.54, 1.807) is 12.1 Å². The van der Waals surface area contributed by atoms with E-state index in [-0.39, 0.29) is 30.3 Å². The van der Waals surface area contributed by atoms with Crippen LogP contribution in [-0.4, -0.2) is 16.2 Å². The molecule has 0 saturated carbocycles. The number of aromatic nitrogens is 2. The molecule has 134 valence electrons.